The number of aryl methyl sites for hydroxylation is 2. The minimum Gasteiger partial charge on any atom is -0.483 e. The highest BCUT2D eigenvalue weighted by atomic mass is 16.5. The molecule has 0 saturated heterocycles. The third-order valence-electron chi connectivity index (χ3n) is 4.25. The number of rotatable bonds is 6. The SMILES string of the molecule is Cc1cccc(C)c1OCC(=O)N(C)Cc1cnn(-c2ccccc2)c1. The number of para-hydroxylation sites is 2. The highest BCUT2D eigenvalue weighted by Crippen LogP contribution is 2.22. The topological polar surface area (TPSA) is 47.4 Å². The molecule has 5 heteroatoms. The lowest BCUT2D eigenvalue weighted by Crippen LogP contribution is -2.31. The van der Waals surface area contributed by atoms with Gasteiger partial charge >= 0.3 is 0 Å². The number of benzene rings is 2. The maximum absolute atomic E-state index is 12.4. The predicted octanol–water partition coefficient (Wildman–Crippen LogP) is 3.53. The van der Waals surface area contributed by atoms with E-state index in [0.29, 0.717) is 6.54 Å². The van der Waals surface area contributed by atoms with Crippen LogP contribution < -0.4 is 4.74 Å². The molecule has 1 heterocycles. The second-order valence-corrected chi connectivity index (χ2v) is 6.39. The third kappa shape index (κ3) is 4.11. The first-order valence-corrected chi connectivity index (χ1v) is 8.56. The number of hydrogen-bond acceptors (Lipinski definition) is 3. The van der Waals surface area contributed by atoms with E-state index in [4.69, 9.17) is 4.74 Å². The minimum atomic E-state index is -0.0693. The van der Waals surface area contributed by atoms with Crippen molar-refractivity contribution in [3.05, 3.63) is 77.6 Å². The molecule has 0 fully saturated rings. The number of aromatic nitrogens is 2. The summed E-state index contributed by atoms with van der Waals surface area (Å²) in [6.07, 6.45) is 3.72. The molecule has 1 amide bonds. The van der Waals surface area contributed by atoms with Crippen molar-refractivity contribution in [3.8, 4) is 11.4 Å². The van der Waals surface area contributed by atoms with E-state index in [0.717, 1.165) is 28.1 Å². The fraction of sp³-hybridized carbons (Fsp3) is 0.238. The van der Waals surface area contributed by atoms with Crippen LogP contribution >= 0.6 is 0 Å². The van der Waals surface area contributed by atoms with Gasteiger partial charge < -0.3 is 9.64 Å². The van der Waals surface area contributed by atoms with Crippen LogP contribution in [0.5, 0.6) is 5.75 Å². The van der Waals surface area contributed by atoms with Crippen molar-refractivity contribution in [1.82, 2.24) is 14.7 Å². The Morgan fingerprint density at radius 1 is 1.08 bits per heavy atom. The zero-order valence-electron chi connectivity index (χ0n) is 15.3. The number of carbonyl (C=O) groups excluding carboxylic acids is 1. The highest BCUT2D eigenvalue weighted by molar-refractivity contribution is 5.77. The van der Waals surface area contributed by atoms with Gasteiger partial charge in [0.25, 0.3) is 5.91 Å². The van der Waals surface area contributed by atoms with Gasteiger partial charge in [-0.1, -0.05) is 36.4 Å². The van der Waals surface area contributed by atoms with E-state index in [1.165, 1.54) is 0 Å². The highest BCUT2D eigenvalue weighted by Gasteiger charge is 2.13. The van der Waals surface area contributed by atoms with Gasteiger partial charge in [0.05, 0.1) is 11.9 Å². The van der Waals surface area contributed by atoms with Gasteiger partial charge in [0.1, 0.15) is 5.75 Å². The first kappa shape index (κ1) is 17.7. The summed E-state index contributed by atoms with van der Waals surface area (Å²) in [4.78, 5) is 14.0. The average Bonchev–Trinajstić information content (AvgIpc) is 3.10. The van der Waals surface area contributed by atoms with Crippen LogP contribution in [0.15, 0.2) is 60.9 Å². The molecular formula is C21H23N3O2. The molecule has 3 rings (SSSR count). The van der Waals surface area contributed by atoms with Crippen LogP contribution in [0.3, 0.4) is 0 Å². The molecule has 0 saturated carbocycles. The summed E-state index contributed by atoms with van der Waals surface area (Å²) in [7, 11) is 1.77. The molecule has 5 nitrogen and oxygen atoms in total. The van der Waals surface area contributed by atoms with Crippen molar-refractivity contribution in [2.24, 2.45) is 0 Å². The Labute approximate surface area is 153 Å². The maximum atomic E-state index is 12.4. The smallest absolute Gasteiger partial charge is 0.260 e. The molecule has 0 N–H and O–H groups in total. The molecule has 0 radical (unpaired) electrons. The standard InChI is InChI=1S/C21H23N3O2/c1-16-8-7-9-17(2)21(16)26-15-20(25)23(3)13-18-12-22-24(14-18)19-10-5-4-6-11-19/h4-12,14H,13,15H2,1-3H3. The Hall–Kier alpha value is -3.08. The van der Waals surface area contributed by atoms with Crippen molar-refractivity contribution in [3.63, 3.8) is 0 Å². The van der Waals surface area contributed by atoms with E-state index >= 15 is 0 Å². The summed E-state index contributed by atoms with van der Waals surface area (Å²) in [5, 5.41) is 4.36. The molecule has 3 aromatic rings. The van der Waals surface area contributed by atoms with E-state index in [1.807, 2.05) is 68.6 Å². The van der Waals surface area contributed by atoms with E-state index in [-0.39, 0.29) is 12.5 Å². The molecule has 26 heavy (non-hydrogen) atoms. The molecule has 0 unspecified atom stereocenters. The van der Waals surface area contributed by atoms with Crippen LogP contribution in [-0.2, 0) is 11.3 Å². The number of carbonyl (C=O) groups is 1. The van der Waals surface area contributed by atoms with E-state index in [2.05, 4.69) is 5.10 Å². The summed E-state index contributed by atoms with van der Waals surface area (Å²) in [6.45, 7) is 4.47. The molecule has 0 aliphatic heterocycles. The number of nitrogens with zero attached hydrogens (tertiary/aromatic N) is 3. The quantitative estimate of drug-likeness (QED) is 0.684. The van der Waals surface area contributed by atoms with E-state index in [1.54, 1.807) is 22.8 Å². The van der Waals surface area contributed by atoms with Gasteiger partial charge in [-0.25, -0.2) is 4.68 Å². The summed E-state index contributed by atoms with van der Waals surface area (Å²) in [6, 6.07) is 15.8. The third-order valence-corrected chi connectivity index (χ3v) is 4.25. The molecule has 1 aromatic heterocycles. The zero-order chi connectivity index (χ0) is 18.5. The van der Waals surface area contributed by atoms with Crippen LogP contribution in [-0.4, -0.2) is 34.2 Å². The second kappa shape index (κ2) is 7.87. The fourth-order valence-electron chi connectivity index (χ4n) is 2.80. The van der Waals surface area contributed by atoms with Crippen LogP contribution in [0.1, 0.15) is 16.7 Å². The first-order chi connectivity index (χ1) is 12.5. The van der Waals surface area contributed by atoms with E-state index < -0.39 is 0 Å². The fourth-order valence-corrected chi connectivity index (χ4v) is 2.80. The molecule has 0 aliphatic carbocycles. The number of hydrogen-bond donors (Lipinski definition) is 0. The van der Waals surface area contributed by atoms with Crippen molar-refractivity contribution < 1.29 is 9.53 Å². The van der Waals surface area contributed by atoms with Crippen LogP contribution in [0.25, 0.3) is 5.69 Å². The molecule has 0 bridgehead atoms. The zero-order valence-corrected chi connectivity index (χ0v) is 15.3. The first-order valence-electron chi connectivity index (χ1n) is 8.56. The summed E-state index contributed by atoms with van der Waals surface area (Å²) in [5.41, 5.74) is 4.03. The van der Waals surface area contributed by atoms with Crippen LogP contribution in [0, 0.1) is 13.8 Å². The van der Waals surface area contributed by atoms with Gasteiger partial charge in [-0.3, -0.25) is 4.79 Å². The molecule has 0 aliphatic rings. The van der Waals surface area contributed by atoms with Crippen LogP contribution in [0.2, 0.25) is 0 Å². The van der Waals surface area contributed by atoms with Gasteiger partial charge in [-0.15, -0.1) is 0 Å². The van der Waals surface area contributed by atoms with Crippen molar-refractivity contribution >= 4 is 5.91 Å². The normalized spacial score (nSPS) is 10.6. The number of amides is 1. The van der Waals surface area contributed by atoms with Crippen molar-refractivity contribution in [2.45, 2.75) is 20.4 Å². The Bertz CT molecular complexity index is 867. The summed E-state index contributed by atoms with van der Waals surface area (Å²) in [5.74, 6) is 0.714. The van der Waals surface area contributed by atoms with Crippen molar-refractivity contribution in [1.29, 1.82) is 0 Å². The Kier molecular flexibility index (Phi) is 5.37. The lowest BCUT2D eigenvalue weighted by molar-refractivity contribution is -0.132. The molecule has 134 valence electrons. The van der Waals surface area contributed by atoms with Gasteiger partial charge in [-0.2, -0.15) is 5.10 Å². The van der Waals surface area contributed by atoms with Gasteiger partial charge in [0, 0.05) is 25.4 Å². The van der Waals surface area contributed by atoms with Crippen molar-refractivity contribution in [2.75, 3.05) is 13.7 Å². The Morgan fingerprint density at radius 2 is 1.77 bits per heavy atom. The minimum absolute atomic E-state index is 0.0228. The van der Waals surface area contributed by atoms with E-state index in [9.17, 15) is 4.79 Å². The summed E-state index contributed by atoms with van der Waals surface area (Å²) >= 11 is 0. The largest absolute Gasteiger partial charge is 0.483 e. The van der Waals surface area contributed by atoms with Gasteiger partial charge in [-0.05, 0) is 37.1 Å². The molecular weight excluding hydrogens is 326 g/mol. The number of likely N-dealkylation sites (N-methyl/N-ethyl adjacent to an activating group) is 1. The van der Waals surface area contributed by atoms with Gasteiger partial charge in [0.15, 0.2) is 6.61 Å². The Balaban J connectivity index is 1.59. The lowest BCUT2D eigenvalue weighted by atomic mass is 10.1. The molecule has 2 aromatic carbocycles. The summed E-state index contributed by atoms with van der Waals surface area (Å²) < 4.78 is 7.56. The molecule has 0 spiro atoms. The van der Waals surface area contributed by atoms with Crippen LogP contribution in [0.4, 0.5) is 0 Å². The second-order valence-electron chi connectivity index (χ2n) is 6.39. The predicted molar refractivity (Wildman–Crippen MR) is 101 cm³/mol. The Morgan fingerprint density at radius 3 is 2.46 bits per heavy atom. The number of ether oxygens (including phenoxy) is 1. The monoisotopic (exact) mass is 349 g/mol. The lowest BCUT2D eigenvalue weighted by Gasteiger charge is -2.18. The van der Waals surface area contributed by atoms with Gasteiger partial charge in [0.2, 0.25) is 0 Å². The maximum Gasteiger partial charge on any atom is 0.260 e. The average molecular weight is 349 g/mol. The molecule has 0 atom stereocenters.